The van der Waals surface area contributed by atoms with E-state index in [0.29, 0.717) is 16.7 Å². The molecule has 0 bridgehead atoms. The van der Waals surface area contributed by atoms with Crippen LogP contribution in [0.25, 0.3) is 18.2 Å². The van der Waals surface area contributed by atoms with Gasteiger partial charge in [0, 0.05) is 39.0 Å². The molecule has 2 fully saturated rings. The van der Waals surface area contributed by atoms with E-state index < -0.39 is 110 Å². The molecule has 67 heavy (non-hydrogen) atoms. The lowest BCUT2D eigenvalue weighted by Gasteiger charge is -2.45. The lowest BCUT2D eigenvalue weighted by molar-refractivity contribution is -0.384. The van der Waals surface area contributed by atoms with Gasteiger partial charge in [-0.3, -0.25) is 14.4 Å². The minimum absolute atomic E-state index is 0.00864. The maximum absolute atomic E-state index is 13.5. The third-order valence-electron chi connectivity index (χ3n) is 9.74. The molecule has 9 atom stereocenters. The van der Waals surface area contributed by atoms with Crippen LogP contribution in [0, 0.1) is 0 Å². The number of phenolic OH excluding ortho intramolecular Hbond substituents is 3. The zero-order valence-electron chi connectivity index (χ0n) is 36.3. The standard InChI is InChI=1S/C46H48O21/c1-25(47)61-24-46(44(65-39(55)20-11-29-7-15-32(51)16-8-29)40(56)35(66-46)22-59-37(53)18-10-28-5-13-31(50)14-6-28)67-45-43(63-27(3)49)41(57)42(62-26(2)48)36(64-45)23-60-38(54)19-12-30-9-17-33(52)34(21-30)58-4/h5-21,35-36,40-45,50-52,56-57H,22-24H2,1-4H3/b18-10+,19-12+,20-11+/t35-,36-,40-,41+,42-,43-,44+,45-,46+/m1/s1. The number of carbonyl (C=O) groups is 6. The highest BCUT2D eigenvalue weighted by Gasteiger charge is 2.63. The molecule has 21 heteroatoms. The number of hydrogen-bond donors (Lipinski definition) is 5. The molecule has 0 aliphatic carbocycles. The van der Waals surface area contributed by atoms with Gasteiger partial charge in [0.15, 0.2) is 29.8 Å². The van der Waals surface area contributed by atoms with E-state index in [1.54, 1.807) is 0 Å². The number of aliphatic hydroxyl groups is 2. The number of ether oxygens (including phenoxy) is 10. The molecule has 3 aromatic rings. The SMILES string of the molecule is COc1cc(/C=C/C(=O)OC[C@H]2O[C@H](O[C@]3(COC(C)=O)O[C@H](COC(=O)/C=C/c4ccc(O)cc4)[C@@H](O)[C@@H]3OC(=O)/C=C/c3ccc(O)cc3)[C@H](OC(C)=O)[C@@H](O)[C@@H]2OC(C)=O)ccc1O. The number of hydrogen-bond acceptors (Lipinski definition) is 21. The molecular weight excluding hydrogens is 888 g/mol. The van der Waals surface area contributed by atoms with Crippen molar-refractivity contribution in [2.45, 2.75) is 75.6 Å². The molecule has 2 aliphatic rings. The van der Waals surface area contributed by atoms with Crippen molar-refractivity contribution < 1.29 is 102 Å². The van der Waals surface area contributed by atoms with Crippen molar-refractivity contribution in [2.24, 2.45) is 0 Å². The summed E-state index contributed by atoms with van der Waals surface area (Å²) >= 11 is 0. The minimum Gasteiger partial charge on any atom is -0.508 e. The third-order valence-corrected chi connectivity index (χ3v) is 9.74. The molecule has 2 aliphatic heterocycles. The van der Waals surface area contributed by atoms with Crippen LogP contribution in [0.1, 0.15) is 37.5 Å². The second kappa shape index (κ2) is 23.2. The van der Waals surface area contributed by atoms with Crippen LogP contribution >= 0.6 is 0 Å². The minimum atomic E-state index is -2.65. The molecule has 0 amide bonds. The van der Waals surface area contributed by atoms with Crippen LogP contribution in [0.5, 0.6) is 23.0 Å². The number of methoxy groups -OCH3 is 1. The second-order valence-electron chi connectivity index (χ2n) is 14.8. The van der Waals surface area contributed by atoms with Gasteiger partial charge in [-0.2, -0.15) is 0 Å². The van der Waals surface area contributed by atoms with Crippen LogP contribution in [-0.2, 0) is 71.4 Å². The molecule has 2 heterocycles. The van der Waals surface area contributed by atoms with Crippen LogP contribution in [0.2, 0.25) is 0 Å². The van der Waals surface area contributed by atoms with E-state index in [-0.39, 0.29) is 23.0 Å². The Labute approximate surface area is 382 Å². The number of benzene rings is 3. The van der Waals surface area contributed by atoms with E-state index in [1.165, 1.54) is 92.1 Å². The first-order valence-electron chi connectivity index (χ1n) is 20.2. The van der Waals surface area contributed by atoms with Gasteiger partial charge in [-0.15, -0.1) is 0 Å². The third kappa shape index (κ3) is 14.3. The Hall–Kier alpha value is -7.30. The summed E-state index contributed by atoms with van der Waals surface area (Å²) in [5, 5.41) is 52.5. The summed E-state index contributed by atoms with van der Waals surface area (Å²) in [7, 11) is 1.33. The fraction of sp³-hybridized carbons (Fsp3) is 0.348. The first-order valence-corrected chi connectivity index (χ1v) is 20.2. The zero-order chi connectivity index (χ0) is 48.8. The van der Waals surface area contributed by atoms with E-state index in [0.717, 1.165) is 39.0 Å². The van der Waals surface area contributed by atoms with Crippen molar-refractivity contribution in [3.8, 4) is 23.0 Å². The number of aliphatic hydroxyl groups excluding tert-OH is 2. The van der Waals surface area contributed by atoms with Crippen molar-refractivity contribution in [3.63, 3.8) is 0 Å². The van der Waals surface area contributed by atoms with Gasteiger partial charge in [-0.05, 0) is 71.3 Å². The highest BCUT2D eigenvalue weighted by Crippen LogP contribution is 2.40. The van der Waals surface area contributed by atoms with Gasteiger partial charge in [0.2, 0.25) is 12.1 Å². The molecule has 358 valence electrons. The second-order valence-corrected chi connectivity index (χ2v) is 14.8. The van der Waals surface area contributed by atoms with Crippen LogP contribution < -0.4 is 4.74 Å². The Morgan fingerprint density at radius 3 is 1.66 bits per heavy atom. The van der Waals surface area contributed by atoms with E-state index in [2.05, 4.69) is 0 Å². The quantitative estimate of drug-likeness (QED) is 0.0694. The van der Waals surface area contributed by atoms with Crippen LogP contribution in [0.15, 0.2) is 85.0 Å². The summed E-state index contributed by atoms with van der Waals surface area (Å²) in [6, 6.07) is 15.7. The molecule has 5 N–H and O–H groups in total. The fourth-order valence-electron chi connectivity index (χ4n) is 6.61. The van der Waals surface area contributed by atoms with E-state index in [9.17, 15) is 54.3 Å². The summed E-state index contributed by atoms with van der Waals surface area (Å²) < 4.78 is 55.9. The molecule has 0 radical (unpaired) electrons. The Bertz CT molecular complexity index is 2320. The van der Waals surface area contributed by atoms with Gasteiger partial charge in [-0.1, -0.05) is 30.3 Å². The smallest absolute Gasteiger partial charge is 0.331 e. The Morgan fingerprint density at radius 2 is 1.12 bits per heavy atom. The molecule has 0 unspecified atom stereocenters. The first-order chi connectivity index (χ1) is 31.9. The van der Waals surface area contributed by atoms with Gasteiger partial charge in [0.1, 0.15) is 55.7 Å². The van der Waals surface area contributed by atoms with Crippen molar-refractivity contribution in [1.29, 1.82) is 0 Å². The van der Waals surface area contributed by atoms with Crippen molar-refractivity contribution in [2.75, 3.05) is 26.9 Å². The summed E-state index contributed by atoms with van der Waals surface area (Å²) in [6.07, 6.45) is -7.95. The van der Waals surface area contributed by atoms with E-state index >= 15 is 0 Å². The van der Waals surface area contributed by atoms with Crippen LogP contribution in [0.3, 0.4) is 0 Å². The van der Waals surface area contributed by atoms with Gasteiger partial charge in [0.05, 0.1) is 7.11 Å². The summed E-state index contributed by atoms with van der Waals surface area (Å²) in [5.74, 6) is -8.68. The molecule has 21 nitrogen and oxygen atoms in total. The van der Waals surface area contributed by atoms with Gasteiger partial charge in [0.25, 0.3) is 0 Å². The normalized spacial score (nSPS) is 24.8. The van der Waals surface area contributed by atoms with Crippen LogP contribution in [-0.4, -0.2) is 143 Å². The molecule has 0 saturated carbocycles. The lowest BCUT2D eigenvalue weighted by atomic mass is 9.98. The number of phenols is 3. The molecule has 0 aromatic heterocycles. The van der Waals surface area contributed by atoms with Crippen molar-refractivity contribution in [3.05, 3.63) is 102 Å². The average Bonchev–Trinajstić information content (AvgIpc) is 3.54. The number of carbonyl (C=O) groups excluding carboxylic acids is 6. The average molecular weight is 937 g/mol. The predicted molar refractivity (Wildman–Crippen MR) is 227 cm³/mol. The van der Waals surface area contributed by atoms with E-state index in [4.69, 9.17) is 47.4 Å². The topological polar surface area (TPSA) is 296 Å². The first kappa shape index (κ1) is 50.7. The maximum Gasteiger partial charge on any atom is 0.331 e. The lowest BCUT2D eigenvalue weighted by Crippen LogP contribution is -2.65. The maximum atomic E-state index is 13.5. The Balaban J connectivity index is 1.47. The molecule has 5 rings (SSSR count). The largest absolute Gasteiger partial charge is 0.508 e. The van der Waals surface area contributed by atoms with Crippen molar-refractivity contribution >= 4 is 54.0 Å². The van der Waals surface area contributed by atoms with Crippen LogP contribution in [0.4, 0.5) is 0 Å². The molecule has 2 saturated heterocycles. The highest BCUT2D eigenvalue weighted by molar-refractivity contribution is 5.88. The summed E-state index contributed by atoms with van der Waals surface area (Å²) in [6.45, 7) is 0.448. The number of aromatic hydroxyl groups is 3. The molecular formula is C46H48O21. The molecule has 3 aromatic carbocycles. The zero-order valence-corrected chi connectivity index (χ0v) is 36.3. The Morgan fingerprint density at radius 1 is 0.612 bits per heavy atom. The number of esters is 6. The molecule has 0 spiro atoms. The monoisotopic (exact) mass is 936 g/mol. The number of rotatable bonds is 18. The van der Waals surface area contributed by atoms with Crippen molar-refractivity contribution in [1.82, 2.24) is 0 Å². The Kier molecular flexibility index (Phi) is 17.6. The summed E-state index contributed by atoms with van der Waals surface area (Å²) in [5.41, 5.74) is 1.37. The predicted octanol–water partition coefficient (Wildman–Crippen LogP) is 2.24. The summed E-state index contributed by atoms with van der Waals surface area (Å²) in [4.78, 5) is 76.4. The van der Waals surface area contributed by atoms with Gasteiger partial charge >= 0.3 is 35.8 Å². The highest BCUT2D eigenvalue weighted by atomic mass is 16.8. The van der Waals surface area contributed by atoms with Gasteiger partial charge < -0.3 is 72.9 Å². The van der Waals surface area contributed by atoms with Gasteiger partial charge in [-0.25, -0.2) is 14.4 Å². The fourth-order valence-corrected chi connectivity index (χ4v) is 6.61. The van der Waals surface area contributed by atoms with E-state index in [1.807, 2.05) is 0 Å².